The molecule has 0 unspecified atom stereocenters. The minimum absolute atomic E-state index is 0.101. The smallest absolute Gasteiger partial charge is 0.266 e. The number of rotatable bonds is 5. The summed E-state index contributed by atoms with van der Waals surface area (Å²) in [6.45, 7) is 8.06. The summed E-state index contributed by atoms with van der Waals surface area (Å²) in [4.78, 5) is 21.4. The Balaban J connectivity index is 1.94. The molecule has 0 atom stereocenters. The van der Waals surface area contributed by atoms with Crippen LogP contribution >= 0.6 is 11.3 Å². The third-order valence-electron chi connectivity index (χ3n) is 4.38. The molecule has 1 N–H and O–H groups in total. The Morgan fingerprint density at radius 1 is 1.23 bits per heavy atom. The maximum absolute atomic E-state index is 11.7. The fourth-order valence-corrected chi connectivity index (χ4v) is 3.73. The van der Waals surface area contributed by atoms with Crippen LogP contribution in [0.25, 0.3) is 21.8 Å². The van der Waals surface area contributed by atoms with E-state index in [1.807, 2.05) is 18.4 Å². The monoisotopic (exact) mass is 364 g/mol. The van der Waals surface area contributed by atoms with E-state index in [1.54, 1.807) is 17.4 Å². The summed E-state index contributed by atoms with van der Waals surface area (Å²) in [6.07, 6.45) is 0. The molecule has 2 heterocycles. The molecule has 0 bridgehead atoms. The van der Waals surface area contributed by atoms with Gasteiger partial charge in [0, 0.05) is 41.0 Å². The number of thiazole rings is 1. The maximum Gasteiger partial charge on any atom is 0.266 e. The fraction of sp³-hybridized carbons (Fsp3) is 0.250. The average Bonchev–Trinajstić information content (AvgIpc) is 3.13. The van der Waals surface area contributed by atoms with Gasteiger partial charge in [-0.1, -0.05) is 0 Å². The lowest BCUT2D eigenvalue weighted by Gasteiger charge is -2.20. The molecule has 0 aliphatic heterocycles. The molecule has 26 heavy (non-hydrogen) atoms. The summed E-state index contributed by atoms with van der Waals surface area (Å²) >= 11 is 1.55. The van der Waals surface area contributed by atoms with E-state index in [4.69, 9.17) is 10.2 Å². The van der Waals surface area contributed by atoms with Crippen molar-refractivity contribution in [3.63, 3.8) is 0 Å². The molecule has 132 valence electrons. The third-order valence-corrected chi connectivity index (χ3v) is 5.27. The number of pyridine rings is 1. The van der Waals surface area contributed by atoms with E-state index >= 15 is 0 Å². The van der Waals surface area contributed by atoms with Crippen LogP contribution < -0.4 is 10.5 Å². The van der Waals surface area contributed by atoms with Crippen LogP contribution in [-0.4, -0.2) is 23.1 Å². The Labute approximate surface area is 156 Å². The molecular formula is C20H20N4OS. The van der Waals surface area contributed by atoms with Gasteiger partial charge in [0.2, 0.25) is 0 Å². The van der Waals surface area contributed by atoms with E-state index in [2.05, 4.69) is 48.0 Å². The molecule has 0 saturated carbocycles. The Hall–Kier alpha value is -2.91. The topological polar surface area (TPSA) is 72.8 Å². The summed E-state index contributed by atoms with van der Waals surface area (Å²) in [7, 11) is 0. The predicted molar refractivity (Wildman–Crippen MR) is 107 cm³/mol. The molecule has 2 aromatic heterocycles. The number of aryl methyl sites for hydroxylation is 1. The van der Waals surface area contributed by atoms with Crippen LogP contribution in [-0.2, 0) is 0 Å². The number of benzene rings is 1. The molecule has 5 nitrogen and oxygen atoms in total. The highest BCUT2D eigenvalue weighted by molar-refractivity contribution is 7.13. The lowest BCUT2D eigenvalue weighted by molar-refractivity contribution is 0.866. The number of nitrogens with one attached hydrogen (secondary N) is 1. The zero-order chi connectivity index (χ0) is 18.7. The predicted octanol–water partition coefficient (Wildman–Crippen LogP) is 4.19. The highest BCUT2D eigenvalue weighted by Crippen LogP contribution is 2.31. The molecule has 0 aliphatic rings. The van der Waals surface area contributed by atoms with Crippen LogP contribution in [0.2, 0.25) is 0 Å². The fourth-order valence-electron chi connectivity index (χ4n) is 2.91. The number of H-pyrrole nitrogens is 1. The first kappa shape index (κ1) is 17.9. The molecule has 0 fully saturated rings. The summed E-state index contributed by atoms with van der Waals surface area (Å²) in [6, 6.07) is 11.9. The maximum atomic E-state index is 11.7. The number of anilines is 1. The SMILES string of the molecule is CCN(CC)c1ccc(-c2nc(-c3cc(C#N)c(=O)[nH]c3C)cs2)cc1. The van der Waals surface area contributed by atoms with Crippen LogP contribution in [0.15, 0.2) is 40.5 Å². The Kier molecular flexibility index (Phi) is 5.19. The first-order valence-electron chi connectivity index (χ1n) is 8.52. The molecule has 3 rings (SSSR count). The lowest BCUT2D eigenvalue weighted by Crippen LogP contribution is -2.21. The number of aromatic nitrogens is 2. The van der Waals surface area contributed by atoms with Crippen molar-refractivity contribution in [1.29, 1.82) is 5.26 Å². The van der Waals surface area contributed by atoms with Crippen LogP contribution in [0.5, 0.6) is 0 Å². The third kappa shape index (κ3) is 3.39. The molecule has 0 saturated heterocycles. The second-order valence-electron chi connectivity index (χ2n) is 5.92. The van der Waals surface area contributed by atoms with Crippen molar-refractivity contribution in [2.45, 2.75) is 20.8 Å². The van der Waals surface area contributed by atoms with Crippen molar-refractivity contribution in [2.24, 2.45) is 0 Å². The zero-order valence-corrected chi connectivity index (χ0v) is 15.9. The Morgan fingerprint density at radius 2 is 1.92 bits per heavy atom. The highest BCUT2D eigenvalue weighted by atomic mass is 32.1. The molecule has 3 aromatic rings. The number of nitriles is 1. The van der Waals surface area contributed by atoms with Gasteiger partial charge in [-0.15, -0.1) is 11.3 Å². The van der Waals surface area contributed by atoms with Gasteiger partial charge in [0.1, 0.15) is 16.6 Å². The van der Waals surface area contributed by atoms with Gasteiger partial charge in [0.05, 0.1) is 5.69 Å². The van der Waals surface area contributed by atoms with E-state index in [1.165, 1.54) is 5.69 Å². The van der Waals surface area contributed by atoms with Gasteiger partial charge in [0.15, 0.2) is 0 Å². The summed E-state index contributed by atoms with van der Waals surface area (Å²) in [5.41, 5.74) is 4.25. The first-order chi connectivity index (χ1) is 12.6. The molecule has 0 spiro atoms. The van der Waals surface area contributed by atoms with Crippen LogP contribution in [0.4, 0.5) is 5.69 Å². The van der Waals surface area contributed by atoms with E-state index in [0.717, 1.165) is 34.9 Å². The van der Waals surface area contributed by atoms with Gasteiger partial charge < -0.3 is 9.88 Å². The van der Waals surface area contributed by atoms with Crippen molar-refractivity contribution in [2.75, 3.05) is 18.0 Å². The van der Waals surface area contributed by atoms with Crippen LogP contribution in [0.1, 0.15) is 25.1 Å². The minimum Gasteiger partial charge on any atom is -0.372 e. The van der Waals surface area contributed by atoms with Crippen molar-refractivity contribution < 1.29 is 0 Å². The molecule has 6 heteroatoms. The van der Waals surface area contributed by atoms with Crippen molar-refractivity contribution in [1.82, 2.24) is 9.97 Å². The van der Waals surface area contributed by atoms with Gasteiger partial charge >= 0.3 is 0 Å². The molecule has 0 aliphatic carbocycles. The van der Waals surface area contributed by atoms with E-state index in [9.17, 15) is 4.79 Å². The molecular weight excluding hydrogens is 344 g/mol. The number of aromatic amines is 1. The van der Waals surface area contributed by atoms with Crippen LogP contribution in [0.3, 0.4) is 0 Å². The van der Waals surface area contributed by atoms with Crippen molar-refractivity contribution >= 4 is 17.0 Å². The summed E-state index contributed by atoms with van der Waals surface area (Å²) in [5, 5.41) is 11.9. The Bertz CT molecular complexity index is 1010. The number of hydrogen-bond acceptors (Lipinski definition) is 5. The Morgan fingerprint density at radius 3 is 2.54 bits per heavy atom. The highest BCUT2D eigenvalue weighted by Gasteiger charge is 2.12. The van der Waals surface area contributed by atoms with E-state index in [0.29, 0.717) is 5.69 Å². The first-order valence-corrected chi connectivity index (χ1v) is 9.40. The number of hydrogen-bond donors (Lipinski definition) is 1. The van der Waals surface area contributed by atoms with Gasteiger partial charge in [-0.2, -0.15) is 5.26 Å². The standard InChI is InChI=1S/C20H20N4OS/c1-4-24(5-2)16-8-6-14(7-9-16)20-23-18(12-26-20)17-10-15(11-21)19(25)22-13(17)3/h6-10,12H,4-5H2,1-3H3,(H,22,25). The van der Waals surface area contributed by atoms with Crippen molar-refractivity contribution in [3.8, 4) is 27.9 Å². The molecule has 0 amide bonds. The minimum atomic E-state index is -0.365. The van der Waals surface area contributed by atoms with Gasteiger partial charge in [-0.05, 0) is 51.1 Å². The van der Waals surface area contributed by atoms with Gasteiger partial charge in [-0.25, -0.2) is 4.98 Å². The number of nitrogens with zero attached hydrogens (tertiary/aromatic N) is 3. The second-order valence-corrected chi connectivity index (χ2v) is 6.78. The average molecular weight is 364 g/mol. The van der Waals surface area contributed by atoms with Crippen LogP contribution in [0, 0.1) is 18.3 Å². The second kappa shape index (κ2) is 7.54. The zero-order valence-electron chi connectivity index (χ0n) is 15.0. The van der Waals surface area contributed by atoms with Gasteiger partial charge in [-0.3, -0.25) is 4.79 Å². The van der Waals surface area contributed by atoms with E-state index < -0.39 is 0 Å². The summed E-state index contributed by atoms with van der Waals surface area (Å²) < 4.78 is 0. The molecule has 0 radical (unpaired) electrons. The van der Waals surface area contributed by atoms with Crippen molar-refractivity contribution in [3.05, 3.63) is 57.3 Å². The summed E-state index contributed by atoms with van der Waals surface area (Å²) in [5.74, 6) is 0. The normalized spacial score (nSPS) is 10.5. The quantitative estimate of drug-likeness (QED) is 0.737. The largest absolute Gasteiger partial charge is 0.372 e. The van der Waals surface area contributed by atoms with E-state index in [-0.39, 0.29) is 11.1 Å². The molecule has 1 aromatic carbocycles. The van der Waals surface area contributed by atoms with Gasteiger partial charge in [0.25, 0.3) is 5.56 Å². The lowest BCUT2D eigenvalue weighted by atomic mass is 10.1.